The van der Waals surface area contributed by atoms with Crippen LogP contribution in [0.15, 0.2) is 0 Å². The minimum absolute atomic E-state index is 0.748. The first-order chi connectivity index (χ1) is 8.76. The molecule has 3 heteroatoms. The molecule has 1 saturated heterocycles. The topological polar surface area (TPSA) is 32.5 Å². The zero-order valence-corrected chi connectivity index (χ0v) is 12.3. The van der Waals surface area contributed by atoms with Crippen molar-refractivity contribution >= 4 is 0 Å². The van der Waals surface area contributed by atoms with Crippen molar-refractivity contribution in [2.24, 2.45) is 11.7 Å². The second-order valence-electron chi connectivity index (χ2n) is 6.21. The average Bonchev–Trinajstić information content (AvgIpc) is 2.42. The Morgan fingerprint density at radius 3 is 2.39 bits per heavy atom. The van der Waals surface area contributed by atoms with Gasteiger partial charge in [-0.3, -0.25) is 4.90 Å². The first-order valence-electron chi connectivity index (χ1n) is 7.90. The van der Waals surface area contributed by atoms with E-state index in [1.165, 1.54) is 58.2 Å². The highest BCUT2D eigenvalue weighted by atomic mass is 15.2. The lowest BCUT2D eigenvalue weighted by Crippen LogP contribution is -2.52. The SMILES string of the molecule is CCN(C1CCN(C)CC1)C1CCCCC1CN. The van der Waals surface area contributed by atoms with Gasteiger partial charge < -0.3 is 10.6 Å². The van der Waals surface area contributed by atoms with Crippen LogP contribution in [0.4, 0.5) is 0 Å². The van der Waals surface area contributed by atoms with Gasteiger partial charge in [-0.2, -0.15) is 0 Å². The van der Waals surface area contributed by atoms with E-state index in [2.05, 4.69) is 23.8 Å². The Morgan fingerprint density at radius 1 is 1.11 bits per heavy atom. The molecule has 1 aliphatic heterocycles. The van der Waals surface area contributed by atoms with Crippen molar-refractivity contribution < 1.29 is 0 Å². The third-order valence-corrected chi connectivity index (χ3v) is 5.12. The van der Waals surface area contributed by atoms with E-state index in [0.29, 0.717) is 0 Å². The van der Waals surface area contributed by atoms with Gasteiger partial charge in [-0.15, -0.1) is 0 Å². The summed E-state index contributed by atoms with van der Waals surface area (Å²) in [6.07, 6.45) is 8.22. The van der Waals surface area contributed by atoms with Gasteiger partial charge in [-0.05, 0) is 64.8 Å². The summed E-state index contributed by atoms with van der Waals surface area (Å²) < 4.78 is 0. The molecule has 0 aromatic heterocycles. The van der Waals surface area contributed by atoms with Crippen molar-refractivity contribution in [3.63, 3.8) is 0 Å². The van der Waals surface area contributed by atoms with Crippen LogP contribution in [0.3, 0.4) is 0 Å². The Kier molecular flexibility index (Phi) is 5.46. The number of hydrogen-bond donors (Lipinski definition) is 1. The number of rotatable bonds is 4. The van der Waals surface area contributed by atoms with Gasteiger partial charge in [0.1, 0.15) is 0 Å². The van der Waals surface area contributed by atoms with Gasteiger partial charge in [-0.25, -0.2) is 0 Å². The van der Waals surface area contributed by atoms with Gasteiger partial charge >= 0.3 is 0 Å². The molecule has 0 aromatic carbocycles. The summed E-state index contributed by atoms with van der Waals surface area (Å²) in [5, 5.41) is 0. The first kappa shape index (κ1) is 14.3. The highest BCUT2D eigenvalue weighted by Crippen LogP contribution is 2.31. The number of likely N-dealkylation sites (tertiary alicyclic amines) is 1. The van der Waals surface area contributed by atoms with Gasteiger partial charge in [0.05, 0.1) is 0 Å². The lowest BCUT2D eigenvalue weighted by atomic mass is 9.82. The summed E-state index contributed by atoms with van der Waals surface area (Å²) in [6.45, 7) is 6.95. The fourth-order valence-corrected chi connectivity index (χ4v) is 3.99. The van der Waals surface area contributed by atoms with E-state index in [-0.39, 0.29) is 0 Å². The van der Waals surface area contributed by atoms with Gasteiger partial charge in [0, 0.05) is 12.1 Å². The fourth-order valence-electron chi connectivity index (χ4n) is 3.99. The van der Waals surface area contributed by atoms with Crippen molar-refractivity contribution in [2.45, 2.75) is 57.5 Å². The smallest absolute Gasteiger partial charge is 0.0138 e. The van der Waals surface area contributed by atoms with Crippen molar-refractivity contribution in [3.8, 4) is 0 Å². The molecule has 1 aliphatic carbocycles. The summed E-state index contributed by atoms with van der Waals surface area (Å²) in [5.74, 6) is 0.748. The normalized spacial score (nSPS) is 32.0. The maximum atomic E-state index is 6.00. The van der Waals surface area contributed by atoms with Gasteiger partial charge in [-0.1, -0.05) is 19.8 Å². The van der Waals surface area contributed by atoms with Gasteiger partial charge in [0.25, 0.3) is 0 Å². The van der Waals surface area contributed by atoms with E-state index in [9.17, 15) is 0 Å². The molecule has 2 N–H and O–H groups in total. The second-order valence-corrected chi connectivity index (χ2v) is 6.21. The number of nitrogens with two attached hydrogens (primary N) is 1. The second kappa shape index (κ2) is 6.88. The summed E-state index contributed by atoms with van der Waals surface area (Å²) in [4.78, 5) is 5.26. The standard InChI is InChI=1S/C15H31N3/c1-3-18(14-8-10-17(2)11-9-14)15-7-5-4-6-13(15)12-16/h13-15H,3-12,16H2,1-2H3. The molecule has 2 unspecified atom stereocenters. The molecule has 1 saturated carbocycles. The predicted octanol–water partition coefficient (Wildman–Crippen LogP) is 1.92. The van der Waals surface area contributed by atoms with Crippen molar-refractivity contribution in [3.05, 3.63) is 0 Å². The van der Waals surface area contributed by atoms with Crippen molar-refractivity contribution in [1.82, 2.24) is 9.80 Å². The van der Waals surface area contributed by atoms with Crippen LogP contribution in [0.25, 0.3) is 0 Å². The Labute approximate surface area is 113 Å². The molecule has 0 spiro atoms. The Bertz CT molecular complexity index is 236. The van der Waals surface area contributed by atoms with Crippen LogP contribution in [-0.2, 0) is 0 Å². The molecule has 0 radical (unpaired) electrons. The van der Waals surface area contributed by atoms with Crippen molar-refractivity contribution in [2.75, 3.05) is 33.2 Å². The molecule has 106 valence electrons. The van der Waals surface area contributed by atoms with Crippen LogP contribution in [0.2, 0.25) is 0 Å². The molecule has 2 atom stereocenters. The molecule has 2 rings (SSSR count). The van der Waals surface area contributed by atoms with Crippen LogP contribution in [0, 0.1) is 5.92 Å². The molecule has 0 amide bonds. The molecule has 1 heterocycles. The summed E-state index contributed by atoms with van der Waals surface area (Å²) >= 11 is 0. The monoisotopic (exact) mass is 253 g/mol. The molecule has 0 aromatic rings. The summed E-state index contributed by atoms with van der Waals surface area (Å²) in [7, 11) is 2.25. The summed E-state index contributed by atoms with van der Waals surface area (Å²) in [6, 6.07) is 1.57. The van der Waals surface area contributed by atoms with Crippen LogP contribution in [0.1, 0.15) is 45.4 Å². The Hall–Kier alpha value is -0.120. The van der Waals surface area contributed by atoms with Crippen molar-refractivity contribution in [1.29, 1.82) is 0 Å². The molecular weight excluding hydrogens is 222 g/mol. The minimum atomic E-state index is 0.748. The quantitative estimate of drug-likeness (QED) is 0.831. The molecule has 0 bridgehead atoms. The van der Waals surface area contributed by atoms with E-state index in [1.54, 1.807) is 0 Å². The molecular formula is C15H31N3. The third kappa shape index (κ3) is 3.25. The van der Waals surface area contributed by atoms with E-state index >= 15 is 0 Å². The largest absolute Gasteiger partial charge is 0.330 e. The number of nitrogens with zero attached hydrogens (tertiary/aromatic N) is 2. The highest BCUT2D eigenvalue weighted by Gasteiger charge is 2.33. The average molecular weight is 253 g/mol. The third-order valence-electron chi connectivity index (χ3n) is 5.12. The molecule has 2 fully saturated rings. The predicted molar refractivity (Wildman–Crippen MR) is 77.7 cm³/mol. The molecule has 2 aliphatic rings. The minimum Gasteiger partial charge on any atom is -0.330 e. The summed E-state index contributed by atoms with van der Waals surface area (Å²) in [5.41, 5.74) is 6.00. The van der Waals surface area contributed by atoms with E-state index in [4.69, 9.17) is 5.73 Å². The van der Waals surface area contributed by atoms with Crippen LogP contribution in [0.5, 0.6) is 0 Å². The Balaban J connectivity index is 1.97. The zero-order valence-electron chi connectivity index (χ0n) is 12.3. The van der Waals surface area contributed by atoms with Crippen LogP contribution in [-0.4, -0.2) is 55.1 Å². The van der Waals surface area contributed by atoms with E-state index in [0.717, 1.165) is 24.5 Å². The lowest BCUT2D eigenvalue weighted by Gasteiger charge is -2.45. The van der Waals surface area contributed by atoms with E-state index < -0.39 is 0 Å². The molecule has 3 nitrogen and oxygen atoms in total. The maximum Gasteiger partial charge on any atom is 0.0138 e. The van der Waals surface area contributed by atoms with Gasteiger partial charge in [0.15, 0.2) is 0 Å². The highest BCUT2D eigenvalue weighted by molar-refractivity contribution is 4.89. The van der Waals surface area contributed by atoms with Gasteiger partial charge in [0.2, 0.25) is 0 Å². The lowest BCUT2D eigenvalue weighted by molar-refractivity contribution is 0.0409. The molecule has 18 heavy (non-hydrogen) atoms. The zero-order chi connectivity index (χ0) is 13.0. The van der Waals surface area contributed by atoms with Crippen LogP contribution < -0.4 is 5.73 Å². The fraction of sp³-hybridized carbons (Fsp3) is 1.00. The number of piperidine rings is 1. The Morgan fingerprint density at radius 2 is 1.78 bits per heavy atom. The maximum absolute atomic E-state index is 6.00. The number of hydrogen-bond acceptors (Lipinski definition) is 3. The van der Waals surface area contributed by atoms with Crippen LogP contribution >= 0.6 is 0 Å². The van der Waals surface area contributed by atoms with E-state index in [1.807, 2.05) is 0 Å². The first-order valence-corrected chi connectivity index (χ1v) is 7.90.